The van der Waals surface area contributed by atoms with Gasteiger partial charge in [-0.05, 0) is 30.2 Å². The number of amides is 1. The lowest BCUT2D eigenvalue weighted by Crippen LogP contribution is -2.35. The van der Waals surface area contributed by atoms with Crippen molar-refractivity contribution in [2.24, 2.45) is 5.41 Å². The molecule has 0 saturated carbocycles. The summed E-state index contributed by atoms with van der Waals surface area (Å²) < 4.78 is 37.4. The van der Waals surface area contributed by atoms with E-state index in [4.69, 9.17) is 0 Å². The molecule has 1 aliphatic rings. The van der Waals surface area contributed by atoms with Crippen LogP contribution in [0.25, 0.3) is 6.08 Å². The number of likely N-dealkylation sites (tertiary alicyclic amines) is 1. The van der Waals surface area contributed by atoms with Crippen molar-refractivity contribution in [2.75, 3.05) is 26.3 Å². The molecule has 7 heteroatoms. The van der Waals surface area contributed by atoms with Crippen LogP contribution in [0.4, 0.5) is 13.2 Å². The average molecular weight is 329 g/mol. The van der Waals surface area contributed by atoms with Gasteiger partial charge < -0.3 is 15.1 Å². The molecule has 1 aromatic rings. The smallest absolute Gasteiger partial charge is 0.396 e. The zero-order valence-corrected chi connectivity index (χ0v) is 12.4. The SMILES string of the molecule is O=C(/C=C/c1ccc(C(F)(F)F)cc1)N1CCC(CO)(CO)C1. The first kappa shape index (κ1) is 17.5. The van der Waals surface area contributed by atoms with Crippen molar-refractivity contribution in [1.82, 2.24) is 4.90 Å². The quantitative estimate of drug-likeness (QED) is 0.830. The monoisotopic (exact) mass is 329 g/mol. The van der Waals surface area contributed by atoms with E-state index in [1.54, 1.807) is 0 Å². The molecular weight excluding hydrogens is 311 g/mol. The van der Waals surface area contributed by atoms with E-state index in [1.165, 1.54) is 29.2 Å². The van der Waals surface area contributed by atoms with Crippen molar-refractivity contribution < 1.29 is 28.2 Å². The Morgan fingerprint density at radius 1 is 1.22 bits per heavy atom. The number of rotatable bonds is 4. The lowest BCUT2D eigenvalue weighted by Gasteiger charge is -2.23. The molecule has 0 aliphatic carbocycles. The van der Waals surface area contributed by atoms with Crippen molar-refractivity contribution >= 4 is 12.0 Å². The minimum absolute atomic E-state index is 0.199. The maximum atomic E-state index is 12.5. The molecule has 126 valence electrons. The third-order valence-corrected chi connectivity index (χ3v) is 4.08. The number of alkyl halides is 3. The van der Waals surface area contributed by atoms with E-state index >= 15 is 0 Å². The van der Waals surface area contributed by atoms with Gasteiger partial charge in [0.25, 0.3) is 0 Å². The Morgan fingerprint density at radius 2 is 1.83 bits per heavy atom. The van der Waals surface area contributed by atoms with Gasteiger partial charge in [-0.25, -0.2) is 0 Å². The third kappa shape index (κ3) is 4.11. The summed E-state index contributed by atoms with van der Waals surface area (Å²) in [5.41, 5.74) is -0.921. The van der Waals surface area contributed by atoms with Crippen LogP contribution in [0.5, 0.6) is 0 Å². The van der Waals surface area contributed by atoms with Crippen LogP contribution in [-0.2, 0) is 11.0 Å². The molecule has 1 heterocycles. The Balaban J connectivity index is 1.99. The molecule has 0 aromatic heterocycles. The van der Waals surface area contributed by atoms with Gasteiger partial charge in [-0.15, -0.1) is 0 Å². The van der Waals surface area contributed by atoms with E-state index in [2.05, 4.69) is 0 Å². The fourth-order valence-corrected chi connectivity index (χ4v) is 2.49. The minimum atomic E-state index is -4.38. The molecule has 1 saturated heterocycles. The van der Waals surface area contributed by atoms with Gasteiger partial charge >= 0.3 is 6.18 Å². The third-order valence-electron chi connectivity index (χ3n) is 4.08. The normalized spacial score (nSPS) is 17.9. The van der Waals surface area contributed by atoms with Gasteiger partial charge in [-0.1, -0.05) is 12.1 Å². The topological polar surface area (TPSA) is 60.8 Å². The molecule has 2 N–H and O–H groups in total. The highest BCUT2D eigenvalue weighted by atomic mass is 19.4. The summed E-state index contributed by atoms with van der Waals surface area (Å²) in [6, 6.07) is 4.51. The van der Waals surface area contributed by atoms with Gasteiger partial charge in [0.1, 0.15) is 0 Å². The molecule has 2 rings (SSSR count). The van der Waals surface area contributed by atoms with Crippen LogP contribution >= 0.6 is 0 Å². The molecule has 0 spiro atoms. The number of benzene rings is 1. The zero-order chi connectivity index (χ0) is 17.1. The maximum absolute atomic E-state index is 12.5. The van der Waals surface area contributed by atoms with Crippen LogP contribution in [0.3, 0.4) is 0 Å². The van der Waals surface area contributed by atoms with Gasteiger partial charge in [0.15, 0.2) is 0 Å². The van der Waals surface area contributed by atoms with Crippen molar-refractivity contribution in [2.45, 2.75) is 12.6 Å². The fraction of sp³-hybridized carbons (Fsp3) is 0.438. The number of hydrogen-bond donors (Lipinski definition) is 2. The number of halogens is 3. The van der Waals surface area contributed by atoms with E-state index in [0.717, 1.165) is 12.1 Å². The summed E-state index contributed by atoms with van der Waals surface area (Å²) >= 11 is 0. The summed E-state index contributed by atoms with van der Waals surface area (Å²) in [5, 5.41) is 18.6. The summed E-state index contributed by atoms with van der Waals surface area (Å²) in [6.45, 7) is 0.291. The molecular formula is C16H18F3NO3. The summed E-state index contributed by atoms with van der Waals surface area (Å²) in [6.07, 6.45) is -1.14. The summed E-state index contributed by atoms with van der Waals surface area (Å²) in [7, 11) is 0. The Kier molecular flexibility index (Phi) is 5.11. The second-order valence-corrected chi connectivity index (χ2v) is 5.78. The molecule has 1 fully saturated rings. The number of aliphatic hydroxyl groups excluding tert-OH is 2. The minimum Gasteiger partial charge on any atom is -0.396 e. The Hall–Kier alpha value is -1.86. The van der Waals surface area contributed by atoms with Crippen LogP contribution in [-0.4, -0.2) is 47.3 Å². The molecule has 1 aliphatic heterocycles. The van der Waals surface area contributed by atoms with Crippen molar-refractivity contribution in [3.63, 3.8) is 0 Å². The van der Waals surface area contributed by atoms with Crippen molar-refractivity contribution in [1.29, 1.82) is 0 Å². The van der Waals surface area contributed by atoms with E-state index in [0.29, 0.717) is 18.5 Å². The molecule has 4 nitrogen and oxygen atoms in total. The second-order valence-electron chi connectivity index (χ2n) is 5.78. The van der Waals surface area contributed by atoms with Gasteiger partial charge in [-0.2, -0.15) is 13.2 Å². The number of nitrogens with zero attached hydrogens (tertiary/aromatic N) is 1. The van der Waals surface area contributed by atoms with Crippen LogP contribution in [0.2, 0.25) is 0 Å². The molecule has 0 atom stereocenters. The number of carbonyl (C=O) groups excluding carboxylic acids is 1. The molecule has 0 unspecified atom stereocenters. The van der Waals surface area contributed by atoms with E-state index < -0.39 is 17.2 Å². The van der Waals surface area contributed by atoms with E-state index in [1.807, 2.05) is 0 Å². The van der Waals surface area contributed by atoms with Crippen LogP contribution in [0.1, 0.15) is 17.5 Å². The fourth-order valence-electron chi connectivity index (χ4n) is 2.49. The summed E-state index contributed by atoms with van der Waals surface area (Å²) in [4.78, 5) is 13.6. The molecule has 1 amide bonds. The van der Waals surface area contributed by atoms with E-state index in [9.17, 15) is 28.2 Å². The van der Waals surface area contributed by atoms with Gasteiger partial charge in [0.05, 0.1) is 18.8 Å². The van der Waals surface area contributed by atoms with Crippen molar-refractivity contribution in [3.8, 4) is 0 Å². The largest absolute Gasteiger partial charge is 0.416 e. The molecule has 0 bridgehead atoms. The zero-order valence-electron chi connectivity index (χ0n) is 12.4. The van der Waals surface area contributed by atoms with Crippen LogP contribution < -0.4 is 0 Å². The number of aliphatic hydroxyl groups is 2. The standard InChI is InChI=1S/C16H18F3NO3/c17-16(18,19)13-4-1-12(2-5-13)3-6-14(23)20-8-7-15(9-20,10-21)11-22/h1-6,21-22H,7-11H2/b6-3+. The predicted octanol–water partition coefficient (Wildman–Crippen LogP) is 1.92. The van der Waals surface area contributed by atoms with Crippen molar-refractivity contribution in [3.05, 3.63) is 41.5 Å². The molecule has 0 radical (unpaired) electrons. The lowest BCUT2D eigenvalue weighted by atomic mass is 9.89. The lowest BCUT2D eigenvalue weighted by molar-refractivity contribution is -0.137. The Morgan fingerprint density at radius 3 is 2.30 bits per heavy atom. The van der Waals surface area contributed by atoms with E-state index in [-0.39, 0.29) is 25.7 Å². The Bertz CT molecular complexity index is 577. The average Bonchev–Trinajstić information content (AvgIpc) is 2.97. The summed E-state index contributed by atoms with van der Waals surface area (Å²) in [5.74, 6) is -0.298. The van der Waals surface area contributed by atoms with Crippen LogP contribution in [0, 0.1) is 5.41 Å². The number of hydrogen-bond acceptors (Lipinski definition) is 3. The first-order chi connectivity index (χ1) is 10.8. The highest BCUT2D eigenvalue weighted by Crippen LogP contribution is 2.30. The predicted molar refractivity (Wildman–Crippen MR) is 78.3 cm³/mol. The molecule has 1 aromatic carbocycles. The first-order valence-electron chi connectivity index (χ1n) is 7.16. The highest BCUT2D eigenvalue weighted by molar-refractivity contribution is 5.92. The highest BCUT2D eigenvalue weighted by Gasteiger charge is 2.38. The second kappa shape index (κ2) is 6.72. The van der Waals surface area contributed by atoms with Crippen LogP contribution in [0.15, 0.2) is 30.3 Å². The molecule has 23 heavy (non-hydrogen) atoms. The van der Waals surface area contributed by atoms with Gasteiger partial charge in [-0.3, -0.25) is 4.79 Å². The Labute approximate surface area is 131 Å². The first-order valence-corrected chi connectivity index (χ1v) is 7.16. The van der Waals surface area contributed by atoms with Gasteiger partial charge in [0.2, 0.25) is 5.91 Å². The van der Waals surface area contributed by atoms with Gasteiger partial charge in [0, 0.05) is 24.6 Å². The maximum Gasteiger partial charge on any atom is 0.416 e. The number of carbonyl (C=O) groups is 1.